The number of aliphatic hydroxyl groups is 1. The number of carbonyl (C=O) groups excluding carboxylic acids is 1. The summed E-state index contributed by atoms with van der Waals surface area (Å²) in [6.45, 7) is 0. The van der Waals surface area contributed by atoms with Gasteiger partial charge in [-0.15, -0.1) is 0 Å². The van der Waals surface area contributed by atoms with Crippen LogP contribution in [-0.2, 0) is 10.2 Å². The summed E-state index contributed by atoms with van der Waals surface area (Å²) in [7, 11) is 0. The number of nitrogens with one attached hydrogen (secondary N) is 1. The normalized spacial score (nSPS) is 37.7. The molecule has 0 aliphatic heterocycles. The van der Waals surface area contributed by atoms with E-state index in [1.165, 1.54) is 55.7 Å². The van der Waals surface area contributed by atoms with Crippen LogP contribution in [0.1, 0.15) is 56.1 Å². The van der Waals surface area contributed by atoms with Crippen LogP contribution in [0.2, 0.25) is 0 Å². The lowest BCUT2D eigenvalue weighted by molar-refractivity contribution is -0.124. The molecule has 5 aliphatic rings. The van der Waals surface area contributed by atoms with Crippen LogP contribution in [0.3, 0.4) is 0 Å². The van der Waals surface area contributed by atoms with E-state index in [9.17, 15) is 9.90 Å². The third kappa shape index (κ3) is 3.49. The minimum atomic E-state index is -1.20. The second-order valence-corrected chi connectivity index (χ2v) is 9.78. The Morgan fingerprint density at radius 1 is 1.10 bits per heavy atom. The highest BCUT2D eigenvalue weighted by Gasteiger charge is 2.51. The number of benzene rings is 1. The number of amides is 1. The second-order valence-electron chi connectivity index (χ2n) is 9.78. The fourth-order valence-corrected chi connectivity index (χ4v) is 6.73. The second kappa shape index (κ2) is 6.96. The van der Waals surface area contributed by atoms with Crippen LogP contribution in [0.4, 0.5) is 0 Å². The summed E-state index contributed by atoms with van der Waals surface area (Å²) in [5, 5.41) is 19.2. The highest BCUT2D eigenvalue weighted by atomic mass is 16.5. The van der Waals surface area contributed by atoms with Gasteiger partial charge in [-0.1, -0.05) is 36.4 Å². The molecule has 0 saturated heterocycles. The van der Waals surface area contributed by atoms with Crippen molar-refractivity contribution in [1.29, 1.82) is 0 Å². The van der Waals surface area contributed by atoms with Crippen molar-refractivity contribution < 1.29 is 15.1 Å². The molecule has 4 heteroatoms. The molecule has 0 aromatic heterocycles. The van der Waals surface area contributed by atoms with E-state index in [1.807, 2.05) is 12.2 Å². The van der Waals surface area contributed by atoms with Crippen molar-refractivity contribution in [2.75, 3.05) is 0 Å². The van der Waals surface area contributed by atoms with Crippen LogP contribution < -0.4 is 5.48 Å². The Bertz CT molecular complexity index is 877. The van der Waals surface area contributed by atoms with Gasteiger partial charge >= 0.3 is 0 Å². The molecule has 6 rings (SSSR count). The molecule has 29 heavy (non-hydrogen) atoms. The first kappa shape index (κ1) is 18.8. The lowest BCUT2D eigenvalue weighted by atomic mass is 9.48. The van der Waals surface area contributed by atoms with Gasteiger partial charge in [0.15, 0.2) is 0 Å². The molecule has 1 unspecified atom stereocenters. The van der Waals surface area contributed by atoms with Crippen molar-refractivity contribution in [3.63, 3.8) is 0 Å². The van der Waals surface area contributed by atoms with Crippen molar-refractivity contribution in [3.8, 4) is 0 Å². The van der Waals surface area contributed by atoms with Crippen LogP contribution >= 0.6 is 0 Å². The maximum absolute atomic E-state index is 11.2. The van der Waals surface area contributed by atoms with Crippen molar-refractivity contribution in [3.05, 3.63) is 65.8 Å². The average molecular weight is 392 g/mol. The molecule has 152 valence electrons. The topological polar surface area (TPSA) is 69.6 Å². The van der Waals surface area contributed by atoms with E-state index >= 15 is 0 Å². The summed E-state index contributed by atoms with van der Waals surface area (Å²) in [6.07, 6.45) is 17.1. The van der Waals surface area contributed by atoms with Gasteiger partial charge < -0.3 is 5.11 Å². The molecule has 1 amide bonds. The number of hydroxylamine groups is 1. The Balaban J connectivity index is 1.37. The molecule has 4 nitrogen and oxygen atoms in total. The van der Waals surface area contributed by atoms with Gasteiger partial charge in [0.2, 0.25) is 0 Å². The number of hydrogen-bond donors (Lipinski definition) is 3. The molecule has 4 bridgehead atoms. The SMILES string of the molecule is O=C(C=CC1(O)C=CC(c2cccc(C34CC5CC(CC(C5)C3)C4)c2)=CC1)NO. The zero-order valence-corrected chi connectivity index (χ0v) is 16.7. The molecule has 4 fully saturated rings. The fraction of sp³-hybridized carbons (Fsp3) is 0.480. The fourth-order valence-electron chi connectivity index (χ4n) is 6.73. The van der Waals surface area contributed by atoms with E-state index in [0.717, 1.165) is 29.4 Å². The molecule has 4 saturated carbocycles. The molecule has 1 aromatic rings. The van der Waals surface area contributed by atoms with E-state index in [4.69, 9.17) is 5.21 Å². The van der Waals surface area contributed by atoms with Crippen LogP contribution in [0.5, 0.6) is 0 Å². The lowest BCUT2D eigenvalue weighted by Crippen LogP contribution is -2.48. The van der Waals surface area contributed by atoms with Crippen molar-refractivity contribution in [2.45, 2.75) is 56.0 Å². The van der Waals surface area contributed by atoms with Gasteiger partial charge in [-0.05, 0) is 90.5 Å². The first-order valence-electron chi connectivity index (χ1n) is 10.8. The molecular weight excluding hydrogens is 362 g/mol. The van der Waals surface area contributed by atoms with Crippen LogP contribution in [0, 0.1) is 17.8 Å². The van der Waals surface area contributed by atoms with E-state index in [0.29, 0.717) is 11.8 Å². The Labute approximate surface area is 172 Å². The van der Waals surface area contributed by atoms with Crippen LogP contribution in [0.15, 0.2) is 54.6 Å². The summed E-state index contributed by atoms with van der Waals surface area (Å²) in [5.41, 5.74) is 4.54. The van der Waals surface area contributed by atoms with E-state index in [1.54, 1.807) is 11.6 Å². The Morgan fingerprint density at radius 2 is 1.79 bits per heavy atom. The molecule has 1 aromatic carbocycles. The van der Waals surface area contributed by atoms with Gasteiger partial charge in [-0.25, -0.2) is 5.48 Å². The van der Waals surface area contributed by atoms with Gasteiger partial charge in [-0.3, -0.25) is 10.0 Å². The molecule has 0 radical (unpaired) electrons. The summed E-state index contributed by atoms with van der Waals surface area (Å²) in [6, 6.07) is 9.04. The van der Waals surface area contributed by atoms with Gasteiger partial charge in [0.05, 0.1) is 0 Å². The van der Waals surface area contributed by atoms with E-state index in [2.05, 4.69) is 24.3 Å². The van der Waals surface area contributed by atoms with E-state index < -0.39 is 11.5 Å². The summed E-state index contributed by atoms with van der Waals surface area (Å²) in [4.78, 5) is 11.2. The first-order valence-corrected chi connectivity index (χ1v) is 10.8. The third-order valence-corrected chi connectivity index (χ3v) is 7.68. The minimum absolute atomic E-state index is 0.380. The third-order valence-electron chi connectivity index (χ3n) is 7.68. The molecular formula is C25H29NO3. The van der Waals surface area contributed by atoms with Gasteiger partial charge in [-0.2, -0.15) is 0 Å². The zero-order valence-electron chi connectivity index (χ0n) is 16.7. The summed E-state index contributed by atoms with van der Waals surface area (Å²) in [5.74, 6) is 2.13. The number of allylic oxidation sites excluding steroid dienone is 2. The van der Waals surface area contributed by atoms with E-state index in [-0.39, 0.29) is 0 Å². The monoisotopic (exact) mass is 391 g/mol. The highest BCUT2D eigenvalue weighted by molar-refractivity contribution is 5.86. The summed E-state index contributed by atoms with van der Waals surface area (Å²) < 4.78 is 0. The van der Waals surface area contributed by atoms with Crippen molar-refractivity contribution in [2.24, 2.45) is 17.8 Å². The van der Waals surface area contributed by atoms with Gasteiger partial charge in [0, 0.05) is 12.5 Å². The number of rotatable bonds is 4. The predicted molar refractivity (Wildman–Crippen MR) is 112 cm³/mol. The number of carbonyl (C=O) groups is 1. The molecule has 5 aliphatic carbocycles. The standard InChI is InChI=1S/C25H29NO3/c27-23(26-29)6-9-25(28)7-4-20(5-8-25)21-2-1-3-22(13-21)24-14-17-10-18(15-24)12-19(11-17)16-24/h1-7,9,13,17-19,28-29H,8,10-12,14-16H2,(H,26,27). The van der Waals surface area contributed by atoms with Crippen LogP contribution in [0.25, 0.3) is 5.57 Å². The smallest absolute Gasteiger partial charge is 0.267 e. The maximum atomic E-state index is 11.2. The largest absolute Gasteiger partial charge is 0.381 e. The molecule has 0 heterocycles. The minimum Gasteiger partial charge on any atom is -0.381 e. The highest BCUT2D eigenvalue weighted by Crippen LogP contribution is 2.60. The van der Waals surface area contributed by atoms with Crippen molar-refractivity contribution >= 4 is 11.5 Å². The van der Waals surface area contributed by atoms with Crippen molar-refractivity contribution in [1.82, 2.24) is 5.48 Å². The Hall–Kier alpha value is -2.17. The summed E-state index contributed by atoms with van der Waals surface area (Å²) >= 11 is 0. The lowest BCUT2D eigenvalue weighted by Gasteiger charge is -2.57. The predicted octanol–water partition coefficient (Wildman–Crippen LogP) is 4.29. The van der Waals surface area contributed by atoms with Gasteiger partial charge in [0.25, 0.3) is 5.91 Å². The zero-order chi connectivity index (χ0) is 20.1. The van der Waals surface area contributed by atoms with Gasteiger partial charge in [0.1, 0.15) is 5.60 Å². The Kier molecular flexibility index (Phi) is 4.52. The maximum Gasteiger partial charge on any atom is 0.267 e. The number of hydrogen-bond acceptors (Lipinski definition) is 3. The van der Waals surface area contributed by atoms with Crippen LogP contribution in [-0.4, -0.2) is 21.8 Å². The molecule has 3 N–H and O–H groups in total. The molecule has 0 spiro atoms. The Morgan fingerprint density at radius 3 is 2.38 bits per heavy atom. The average Bonchev–Trinajstić information content (AvgIpc) is 2.72. The first-order chi connectivity index (χ1) is 14.0. The quantitative estimate of drug-likeness (QED) is 0.407. The molecule has 1 atom stereocenters.